The number of carbonyl (C=O) groups excluding carboxylic acids is 1. The lowest BCUT2D eigenvalue weighted by Gasteiger charge is -2.11. The van der Waals surface area contributed by atoms with Gasteiger partial charge in [-0.15, -0.1) is 0 Å². The Kier molecular flexibility index (Phi) is 7.55. The molecule has 26 heavy (non-hydrogen) atoms. The zero-order valence-corrected chi connectivity index (χ0v) is 15.2. The molecule has 0 unspecified atom stereocenters. The largest absolute Gasteiger partial charge is 0.508 e. The number of hydrogen-bond donors (Lipinski definition) is 2. The van der Waals surface area contributed by atoms with Gasteiger partial charge in [-0.1, -0.05) is 25.8 Å². The summed E-state index contributed by atoms with van der Waals surface area (Å²) >= 11 is 0. The molecule has 1 amide bonds. The molecule has 0 heterocycles. The molecule has 0 saturated carbocycles. The Labute approximate surface area is 154 Å². The number of amides is 1. The lowest BCUT2D eigenvalue weighted by atomic mass is 10.2. The van der Waals surface area contributed by atoms with Crippen molar-refractivity contribution in [2.45, 2.75) is 26.2 Å². The fourth-order valence-electron chi connectivity index (χ4n) is 2.34. The summed E-state index contributed by atoms with van der Waals surface area (Å²) < 4.78 is 11.1. The Balaban J connectivity index is 1.99. The second-order valence-electron chi connectivity index (χ2n) is 5.84. The summed E-state index contributed by atoms with van der Waals surface area (Å²) in [6.45, 7) is 2.79. The summed E-state index contributed by atoms with van der Waals surface area (Å²) in [5, 5.41) is 12.0. The van der Waals surface area contributed by atoms with E-state index >= 15 is 0 Å². The first kappa shape index (κ1) is 19.4. The van der Waals surface area contributed by atoms with E-state index in [4.69, 9.17) is 9.47 Å². The van der Waals surface area contributed by atoms with Gasteiger partial charge in [0.2, 0.25) is 5.91 Å². The Bertz CT molecular complexity index is 738. The van der Waals surface area contributed by atoms with Crippen molar-refractivity contribution in [1.29, 1.82) is 0 Å². The number of nitrogens with one attached hydrogen (secondary N) is 1. The molecule has 5 nitrogen and oxygen atoms in total. The number of hydrogen-bond acceptors (Lipinski definition) is 4. The van der Waals surface area contributed by atoms with Gasteiger partial charge in [-0.25, -0.2) is 0 Å². The van der Waals surface area contributed by atoms with Crippen molar-refractivity contribution in [3.63, 3.8) is 0 Å². The summed E-state index contributed by atoms with van der Waals surface area (Å²) in [5.41, 5.74) is 1.46. The number of benzene rings is 2. The maximum atomic E-state index is 12.0. The highest BCUT2D eigenvalue weighted by Crippen LogP contribution is 2.28. The van der Waals surface area contributed by atoms with Crippen LogP contribution in [0.1, 0.15) is 31.7 Å². The SMILES string of the molecule is CCCCCOc1cc(C=CC(=O)Nc2ccc(O)cc2)ccc1OC. The number of ether oxygens (including phenoxy) is 2. The van der Waals surface area contributed by atoms with Crippen LogP contribution in [-0.2, 0) is 4.79 Å². The van der Waals surface area contributed by atoms with Gasteiger partial charge in [0.25, 0.3) is 0 Å². The average Bonchev–Trinajstić information content (AvgIpc) is 2.65. The molecule has 0 aliphatic carbocycles. The van der Waals surface area contributed by atoms with Crippen LogP contribution in [0.3, 0.4) is 0 Å². The third-order valence-corrected chi connectivity index (χ3v) is 3.76. The first-order valence-corrected chi connectivity index (χ1v) is 8.71. The molecular formula is C21H25NO4. The maximum Gasteiger partial charge on any atom is 0.248 e. The monoisotopic (exact) mass is 355 g/mol. The van der Waals surface area contributed by atoms with Gasteiger partial charge in [0.05, 0.1) is 13.7 Å². The predicted octanol–water partition coefficient (Wildman–Crippen LogP) is 4.62. The molecule has 0 fully saturated rings. The lowest BCUT2D eigenvalue weighted by molar-refractivity contribution is -0.111. The summed E-state index contributed by atoms with van der Waals surface area (Å²) in [5.74, 6) is 1.25. The first-order chi connectivity index (χ1) is 12.6. The van der Waals surface area contributed by atoms with Gasteiger partial charge >= 0.3 is 0 Å². The number of unbranched alkanes of at least 4 members (excludes halogenated alkanes) is 2. The van der Waals surface area contributed by atoms with Gasteiger partial charge in [-0.2, -0.15) is 0 Å². The smallest absolute Gasteiger partial charge is 0.248 e. The van der Waals surface area contributed by atoms with Crippen LogP contribution in [-0.4, -0.2) is 24.7 Å². The normalized spacial score (nSPS) is 10.7. The van der Waals surface area contributed by atoms with E-state index in [0.29, 0.717) is 23.8 Å². The minimum atomic E-state index is -0.253. The van der Waals surface area contributed by atoms with Crippen LogP contribution in [0, 0.1) is 0 Å². The Morgan fingerprint density at radius 2 is 1.88 bits per heavy atom. The topological polar surface area (TPSA) is 67.8 Å². The van der Waals surface area contributed by atoms with Crippen LogP contribution >= 0.6 is 0 Å². The number of phenolic OH excluding ortho intramolecular Hbond substituents is 1. The van der Waals surface area contributed by atoms with Crippen LogP contribution in [0.4, 0.5) is 5.69 Å². The lowest BCUT2D eigenvalue weighted by Crippen LogP contribution is -2.07. The number of aromatic hydroxyl groups is 1. The number of methoxy groups -OCH3 is 1. The van der Waals surface area contributed by atoms with E-state index in [0.717, 1.165) is 24.8 Å². The molecule has 0 radical (unpaired) electrons. The van der Waals surface area contributed by atoms with E-state index in [1.165, 1.54) is 18.2 Å². The molecule has 0 saturated heterocycles. The molecule has 0 aliphatic heterocycles. The van der Waals surface area contributed by atoms with Gasteiger partial charge in [0.15, 0.2) is 11.5 Å². The highest BCUT2D eigenvalue weighted by molar-refractivity contribution is 6.01. The summed E-state index contributed by atoms with van der Waals surface area (Å²) in [6.07, 6.45) is 6.43. The maximum absolute atomic E-state index is 12.0. The predicted molar refractivity (Wildman–Crippen MR) is 104 cm³/mol. The minimum absolute atomic E-state index is 0.156. The average molecular weight is 355 g/mol. The molecule has 138 valence electrons. The van der Waals surface area contributed by atoms with Gasteiger partial charge < -0.3 is 19.9 Å². The summed E-state index contributed by atoms with van der Waals surface area (Å²) in [6, 6.07) is 11.9. The molecule has 0 aromatic heterocycles. The second kappa shape index (κ2) is 10.1. The standard InChI is InChI=1S/C21H25NO4/c1-3-4-5-14-26-20-15-16(6-12-19(20)25-2)7-13-21(24)22-17-8-10-18(23)11-9-17/h6-13,15,23H,3-5,14H2,1-2H3,(H,22,24). The van der Waals surface area contributed by atoms with Crippen LogP contribution < -0.4 is 14.8 Å². The first-order valence-electron chi connectivity index (χ1n) is 8.71. The van der Waals surface area contributed by atoms with Gasteiger partial charge in [-0.05, 0) is 54.5 Å². The molecule has 2 rings (SSSR count). The van der Waals surface area contributed by atoms with Crippen molar-refractivity contribution in [2.24, 2.45) is 0 Å². The van der Waals surface area contributed by atoms with E-state index in [1.54, 1.807) is 25.3 Å². The molecule has 2 aromatic rings. The number of rotatable bonds is 9. The second-order valence-corrected chi connectivity index (χ2v) is 5.84. The van der Waals surface area contributed by atoms with Crippen LogP contribution in [0.15, 0.2) is 48.5 Å². The van der Waals surface area contributed by atoms with E-state index in [-0.39, 0.29) is 11.7 Å². The van der Waals surface area contributed by atoms with Gasteiger partial charge in [0.1, 0.15) is 5.75 Å². The highest BCUT2D eigenvalue weighted by atomic mass is 16.5. The van der Waals surface area contributed by atoms with E-state index in [2.05, 4.69) is 12.2 Å². The Morgan fingerprint density at radius 3 is 2.58 bits per heavy atom. The number of anilines is 1. The minimum Gasteiger partial charge on any atom is -0.508 e. The molecule has 5 heteroatoms. The number of carbonyl (C=O) groups is 1. The number of phenols is 1. The third-order valence-electron chi connectivity index (χ3n) is 3.76. The van der Waals surface area contributed by atoms with E-state index in [1.807, 2.05) is 18.2 Å². The van der Waals surface area contributed by atoms with Crippen molar-refractivity contribution < 1.29 is 19.4 Å². The molecular weight excluding hydrogens is 330 g/mol. The summed E-state index contributed by atoms with van der Waals surface area (Å²) in [7, 11) is 1.61. The van der Waals surface area contributed by atoms with Gasteiger partial charge in [-0.3, -0.25) is 4.79 Å². The Morgan fingerprint density at radius 1 is 1.12 bits per heavy atom. The van der Waals surface area contributed by atoms with Crippen molar-refractivity contribution in [1.82, 2.24) is 0 Å². The Hall–Kier alpha value is -2.95. The van der Waals surface area contributed by atoms with Crippen molar-refractivity contribution in [3.05, 3.63) is 54.1 Å². The van der Waals surface area contributed by atoms with Crippen LogP contribution in [0.25, 0.3) is 6.08 Å². The zero-order chi connectivity index (χ0) is 18.8. The molecule has 2 aromatic carbocycles. The highest BCUT2D eigenvalue weighted by Gasteiger charge is 2.05. The molecule has 0 aliphatic rings. The molecule has 0 bridgehead atoms. The van der Waals surface area contributed by atoms with Crippen LogP contribution in [0.2, 0.25) is 0 Å². The van der Waals surface area contributed by atoms with E-state index in [9.17, 15) is 9.90 Å². The van der Waals surface area contributed by atoms with Crippen molar-refractivity contribution >= 4 is 17.7 Å². The zero-order valence-electron chi connectivity index (χ0n) is 15.2. The van der Waals surface area contributed by atoms with Crippen LogP contribution in [0.5, 0.6) is 17.2 Å². The molecule has 0 atom stereocenters. The fraction of sp³-hybridized carbons (Fsp3) is 0.286. The van der Waals surface area contributed by atoms with E-state index < -0.39 is 0 Å². The molecule has 0 spiro atoms. The molecule has 2 N–H and O–H groups in total. The summed E-state index contributed by atoms with van der Waals surface area (Å²) in [4.78, 5) is 12.0. The fourth-order valence-corrected chi connectivity index (χ4v) is 2.34. The van der Waals surface area contributed by atoms with Crippen molar-refractivity contribution in [3.8, 4) is 17.2 Å². The third kappa shape index (κ3) is 6.16. The van der Waals surface area contributed by atoms with Gasteiger partial charge in [0, 0.05) is 11.8 Å². The van der Waals surface area contributed by atoms with Crippen molar-refractivity contribution in [2.75, 3.05) is 19.0 Å². The quantitative estimate of drug-likeness (QED) is 0.391.